The Bertz CT molecular complexity index is 587. The summed E-state index contributed by atoms with van der Waals surface area (Å²) in [4.78, 5) is 18.8. The molecule has 0 radical (unpaired) electrons. The third-order valence-corrected chi connectivity index (χ3v) is 3.35. The monoisotopic (exact) mass is 257 g/mol. The van der Waals surface area contributed by atoms with Gasteiger partial charge in [0.25, 0.3) is 5.91 Å². The molecule has 2 aromatic heterocycles. The molecule has 0 fully saturated rings. The molecule has 0 bridgehead atoms. The van der Waals surface area contributed by atoms with Crippen LogP contribution in [0.2, 0.25) is 0 Å². The van der Waals surface area contributed by atoms with Crippen molar-refractivity contribution in [3.63, 3.8) is 0 Å². The van der Waals surface area contributed by atoms with E-state index in [0.29, 0.717) is 17.7 Å². The highest BCUT2D eigenvalue weighted by Crippen LogP contribution is 2.14. The summed E-state index contributed by atoms with van der Waals surface area (Å²) in [5.41, 5.74) is 0.701. The van der Waals surface area contributed by atoms with E-state index in [1.165, 1.54) is 12.4 Å². The van der Waals surface area contributed by atoms with Crippen LogP contribution in [0.15, 0.2) is 36.0 Å². The number of aromatic nitrogens is 1. The first kappa shape index (κ1) is 12.3. The second-order valence-electron chi connectivity index (χ2n) is 3.77. The predicted octanol–water partition coefficient (Wildman–Crippen LogP) is 2.29. The number of rotatable bonds is 3. The number of pyridine rings is 1. The summed E-state index contributed by atoms with van der Waals surface area (Å²) in [5.74, 6) is -0.187. The smallest absolute Gasteiger partial charge is 0.256 e. The fourth-order valence-corrected chi connectivity index (χ4v) is 2.33. The van der Waals surface area contributed by atoms with Gasteiger partial charge in [-0.2, -0.15) is 5.26 Å². The average molecular weight is 257 g/mol. The fraction of sp³-hybridized carbons (Fsp3) is 0.154. The molecule has 0 N–H and O–H groups in total. The van der Waals surface area contributed by atoms with Crippen molar-refractivity contribution < 1.29 is 4.79 Å². The van der Waals surface area contributed by atoms with Gasteiger partial charge in [-0.15, -0.1) is 11.3 Å². The molecule has 0 aromatic carbocycles. The maximum Gasteiger partial charge on any atom is 0.256 e. The van der Waals surface area contributed by atoms with E-state index < -0.39 is 0 Å². The van der Waals surface area contributed by atoms with Crippen LogP contribution in [0.3, 0.4) is 0 Å². The summed E-state index contributed by atoms with van der Waals surface area (Å²) >= 11 is 1.60. The van der Waals surface area contributed by atoms with Gasteiger partial charge in [-0.3, -0.25) is 9.78 Å². The standard InChI is InChI=1S/C13H11N3OS/c1-16(9-11-3-2-6-18-11)13(17)12-8-15-5-4-10(12)7-14/h2-6,8H,9H2,1H3. The highest BCUT2D eigenvalue weighted by Gasteiger charge is 2.16. The molecule has 0 aliphatic carbocycles. The number of hydrogen-bond acceptors (Lipinski definition) is 4. The third-order valence-electron chi connectivity index (χ3n) is 2.49. The molecule has 0 aliphatic rings. The van der Waals surface area contributed by atoms with Crippen molar-refractivity contribution in [3.8, 4) is 6.07 Å². The highest BCUT2D eigenvalue weighted by atomic mass is 32.1. The zero-order valence-electron chi connectivity index (χ0n) is 9.83. The molecule has 4 nitrogen and oxygen atoms in total. The molecule has 0 atom stereocenters. The van der Waals surface area contributed by atoms with Crippen molar-refractivity contribution in [1.82, 2.24) is 9.88 Å². The summed E-state index contributed by atoms with van der Waals surface area (Å²) in [6, 6.07) is 7.48. The molecule has 2 rings (SSSR count). The van der Waals surface area contributed by atoms with E-state index in [1.807, 2.05) is 23.6 Å². The van der Waals surface area contributed by atoms with Gasteiger partial charge in [0, 0.05) is 24.3 Å². The number of nitriles is 1. The fourth-order valence-electron chi connectivity index (χ4n) is 1.58. The first-order chi connectivity index (χ1) is 8.72. The van der Waals surface area contributed by atoms with Crippen LogP contribution < -0.4 is 0 Å². The first-order valence-electron chi connectivity index (χ1n) is 5.34. The van der Waals surface area contributed by atoms with Gasteiger partial charge in [0.2, 0.25) is 0 Å². The molecular weight excluding hydrogens is 246 g/mol. The molecule has 90 valence electrons. The number of amides is 1. The number of hydrogen-bond donors (Lipinski definition) is 0. The summed E-state index contributed by atoms with van der Waals surface area (Å²) < 4.78 is 0. The number of nitrogens with zero attached hydrogens (tertiary/aromatic N) is 3. The largest absolute Gasteiger partial charge is 0.336 e. The van der Waals surface area contributed by atoms with Crippen LogP contribution in [-0.2, 0) is 6.54 Å². The van der Waals surface area contributed by atoms with Gasteiger partial charge in [-0.05, 0) is 17.5 Å². The lowest BCUT2D eigenvalue weighted by atomic mass is 10.1. The molecule has 2 heterocycles. The highest BCUT2D eigenvalue weighted by molar-refractivity contribution is 7.09. The van der Waals surface area contributed by atoms with Crippen molar-refractivity contribution in [3.05, 3.63) is 52.0 Å². The molecule has 2 aromatic rings. The van der Waals surface area contributed by atoms with Crippen LogP contribution in [0.4, 0.5) is 0 Å². The van der Waals surface area contributed by atoms with Crippen molar-refractivity contribution in [1.29, 1.82) is 5.26 Å². The van der Waals surface area contributed by atoms with Crippen molar-refractivity contribution in [2.24, 2.45) is 0 Å². The van der Waals surface area contributed by atoms with Gasteiger partial charge < -0.3 is 4.90 Å². The summed E-state index contributed by atoms with van der Waals surface area (Å²) in [7, 11) is 1.72. The molecule has 1 amide bonds. The van der Waals surface area contributed by atoms with E-state index >= 15 is 0 Å². The van der Waals surface area contributed by atoms with Crippen LogP contribution in [0, 0.1) is 11.3 Å². The Hall–Kier alpha value is -2.19. The van der Waals surface area contributed by atoms with E-state index in [0.717, 1.165) is 4.88 Å². The Balaban J connectivity index is 2.18. The SMILES string of the molecule is CN(Cc1cccs1)C(=O)c1cnccc1C#N. The zero-order valence-corrected chi connectivity index (χ0v) is 10.6. The van der Waals surface area contributed by atoms with Crippen molar-refractivity contribution in [2.75, 3.05) is 7.05 Å². The van der Waals surface area contributed by atoms with Crippen LogP contribution in [0.25, 0.3) is 0 Å². The minimum absolute atomic E-state index is 0.187. The Morgan fingerprint density at radius 2 is 2.39 bits per heavy atom. The van der Waals surface area contributed by atoms with E-state index in [9.17, 15) is 4.79 Å². The van der Waals surface area contributed by atoms with Crippen LogP contribution in [0.1, 0.15) is 20.8 Å². The van der Waals surface area contributed by atoms with Crippen LogP contribution >= 0.6 is 11.3 Å². The van der Waals surface area contributed by atoms with Crippen molar-refractivity contribution >= 4 is 17.2 Å². The Kier molecular flexibility index (Phi) is 3.70. The van der Waals surface area contributed by atoms with Crippen LogP contribution in [0.5, 0.6) is 0 Å². The van der Waals surface area contributed by atoms with Gasteiger partial charge in [-0.1, -0.05) is 6.07 Å². The maximum absolute atomic E-state index is 12.2. The lowest BCUT2D eigenvalue weighted by Crippen LogP contribution is -2.26. The molecule has 0 aliphatic heterocycles. The Morgan fingerprint density at radius 3 is 3.06 bits per heavy atom. The third kappa shape index (κ3) is 2.55. The second kappa shape index (κ2) is 5.43. The van der Waals surface area contributed by atoms with Gasteiger partial charge in [-0.25, -0.2) is 0 Å². The molecule has 18 heavy (non-hydrogen) atoms. The Labute approximate surface area is 109 Å². The lowest BCUT2D eigenvalue weighted by Gasteiger charge is -2.16. The van der Waals surface area contributed by atoms with Gasteiger partial charge in [0.05, 0.1) is 17.7 Å². The van der Waals surface area contributed by atoms with Crippen LogP contribution in [-0.4, -0.2) is 22.8 Å². The number of carbonyl (C=O) groups is 1. The molecule has 0 unspecified atom stereocenters. The first-order valence-corrected chi connectivity index (χ1v) is 6.22. The molecule has 0 spiro atoms. The van der Waals surface area contributed by atoms with Crippen molar-refractivity contribution in [2.45, 2.75) is 6.54 Å². The van der Waals surface area contributed by atoms with Gasteiger partial charge in [0.1, 0.15) is 6.07 Å². The summed E-state index contributed by atoms with van der Waals surface area (Å²) in [5, 5.41) is 10.9. The van der Waals surface area contributed by atoms with Gasteiger partial charge >= 0.3 is 0 Å². The minimum Gasteiger partial charge on any atom is -0.336 e. The maximum atomic E-state index is 12.2. The molecular formula is C13H11N3OS. The van der Waals surface area contributed by atoms with E-state index in [4.69, 9.17) is 5.26 Å². The summed E-state index contributed by atoms with van der Waals surface area (Å²) in [6.45, 7) is 0.538. The molecule has 0 saturated carbocycles. The number of thiophene rings is 1. The topological polar surface area (TPSA) is 57.0 Å². The average Bonchev–Trinajstić information content (AvgIpc) is 2.90. The molecule has 5 heteroatoms. The quantitative estimate of drug-likeness (QED) is 0.847. The number of carbonyl (C=O) groups excluding carboxylic acids is 1. The van der Waals surface area contributed by atoms with E-state index in [2.05, 4.69) is 4.98 Å². The van der Waals surface area contributed by atoms with E-state index in [1.54, 1.807) is 29.4 Å². The normalized spacial score (nSPS) is 9.78. The predicted molar refractivity (Wildman–Crippen MR) is 69.1 cm³/mol. The second-order valence-corrected chi connectivity index (χ2v) is 4.81. The molecule has 0 saturated heterocycles. The minimum atomic E-state index is -0.187. The van der Waals surface area contributed by atoms with Gasteiger partial charge in [0.15, 0.2) is 0 Å². The lowest BCUT2D eigenvalue weighted by molar-refractivity contribution is 0.0785. The summed E-state index contributed by atoms with van der Waals surface area (Å²) in [6.07, 6.45) is 2.94. The Morgan fingerprint density at radius 1 is 1.56 bits per heavy atom. The van der Waals surface area contributed by atoms with E-state index in [-0.39, 0.29) is 5.91 Å². The zero-order chi connectivity index (χ0) is 13.0.